The van der Waals surface area contributed by atoms with Crippen LogP contribution in [0.25, 0.3) is 0 Å². The van der Waals surface area contributed by atoms with Gasteiger partial charge in [-0.3, -0.25) is 4.79 Å². The van der Waals surface area contributed by atoms with E-state index >= 15 is 0 Å². The molecule has 3 N–H and O–H groups in total. The summed E-state index contributed by atoms with van der Waals surface area (Å²) in [5.41, 5.74) is 6.24. The zero-order valence-electron chi connectivity index (χ0n) is 10.4. The Kier molecular flexibility index (Phi) is 5.22. The van der Waals surface area contributed by atoms with Crippen molar-refractivity contribution in [2.75, 3.05) is 0 Å². The second-order valence-corrected chi connectivity index (χ2v) is 4.94. The maximum Gasteiger partial charge on any atom is 0.230 e. The molecule has 1 atom stereocenters. The van der Waals surface area contributed by atoms with Crippen LogP contribution < -0.4 is 11.1 Å². The lowest BCUT2D eigenvalue weighted by Crippen LogP contribution is -2.40. The Hall–Kier alpha value is -1.49. The van der Waals surface area contributed by atoms with E-state index in [1.807, 2.05) is 13.8 Å². The summed E-state index contributed by atoms with van der Waals surface area (Å²) in [5.74, 6) is -0.998. The van der Waals surface area contributed by atoms with Crippen LogP contribution in [0.5, 0.6) is 0 Å². The van der Waals surface area contributed by atoms with Crippen LogP contribution in [0.1, 0.15) is 19.4 Å². The highest BCUT2D eigenvalue weighted by Crippen LogP contribution is 2.12. The molecule has 0 aromatic heterocycles. The van der Waals surface area contributed by atoms with Crippen LogP contribution in [-0.4, -0.2) is 10.9 Å². The first kappa shape index (κ1) is 14.6. The Balaban J connectivity index is 2.62. The number of benzene rings is 1. The minimum atomic E-state index is -0.492. The topological polar surface area (TPSA) is 55.1 Å². The predicted octanol–water partition coefficient (Wildman–Crippen LogP) is 2.00. The number of halogens is 1. The third-order valence-corrected chi connectivity index (χ3v) is 2.87. The molecular weight excluding hydrogens is 251 g/mol. The van der Waals surface area contributed by atoms with E-state index in [0.29, 0.717) is 5.56 Å². The van der Waals surface area contributed by atoms with E-state index in [0.717, 1.165) is 0 Å². The molecule has 0 heterocycles. The first-order valence-electron chi connectivity index (χ1n) is 5.73. The van der Waals surface area contributed by atoms with Crippen molar-refractivity contribution < 1.29 is 9.18 Å². The smallest absolute Gasteiger partial charge is 0.230 e. The van der Waals surface area contributed by atoms with Gasteiger partial charge in [0.05, 0.1) is 10.9 Å². The summed E-state index contributed by atoms with van der Waals surface area (Å²) in [7, 11) is 0. The minimum Gasteiger partial charge on any atom is -0.393 e. The number of amides is 1. The van der Waals surface area contributed by atoms with E-state index < -0.39 is 5.92 Å². The third-order valence-electron chi connectivity index (χ3n) is 2.61. The fraction of sp³-hybridized carbons (Fsp3) is 0.385. The first-order valence-corrected chi connectivity index (χ1v) is 6.14. The fourth-order valence-corrected chi connectivity index (χ4v) is 2.09. The van der Waals surface area contributed by atoms with Crippen LogP contribution in [0.2, 0.25) is 0 Å². The molecule has 3 nitrogen and oxygen atoms in total. The Morgan fingerprint density at radius 3 is 2.67 bits per heavy atom. The van der Waals surface area contributed by atoms with Gasteiger partial charge in [-0.05, 0) is 23.6 Å². The number of hydrogen-bond donors (Lipinski definition) is 2. The molecule has 0 spiro atoms. The van der Waals surface area contributed by atoms with Gasteiger partial charge < -0.3 is 11.1 Å². The molecule has 1 unspecified atom stereocenters. The van der Waals surface area contributed by atoms with Gasteiger partial charge in [-0.15, -0.1) is 0 Å². The second-order valence-electron chi connectivity index (χ2n) is 4.47. The minimum absolute atomic E-state index is 0.0370. The van der Waals surface area contributed by atoms with E-state index in [2.05, 4.69) is 5.32 Å². The van der Waals surface area contributed by atoms with Crippen LogP contribution in [0, 0.1) is 17.7 Å². The zero-order chi connectivity index (χ0) is 13.7. The van der Waals surface area contributed by atoms with Crippen molar-refractivity contribution in [3.63, 3.8) is 0 Å². The SMILES string of the molecule is CC(C)C(C(=O)NCc1cccc(F)c1)C(N)=S. The van der Waals surface area contributed by atoms with Crippen molar-refractivity contribution in [2.24, 2.45) is 17.6 Å². The molecule has 18 heavy (non-hydrogen) atoms. The Labute approximate surface area is 112 Å². The lowest BCUT2D eigenvalue weighted by Gasteiger charge is -2.18. The molecular formula is C13H17FN2OS. The number of thiocarbonyl (C=S) groups is 1. The molecule has 0 aliphatic heterocycles. The fourth-order valence-electron chi connectivity index (χ4n) is 1.71. The van der Waals surface area contributed by atoms with Gasteiger partial charge in [0.25, 0.3) is 0 Å². The number of carbonyl (C=O) groups excluding carboxylic acids is 1. The Bertz CT molecular complexity index is 448. The quantitative estimate of drug-likeness (QED) is 0.803. The number of carbonyl (C=O) groups is 1. The highest BCUT2D eigenvalue weighted by Gasteiger charge is 2.24. The molecule has 1 amide bonds. The van der Waals surface area contributed by atoms with Gasteiger partial charge in [0.1, 0.15) is 5.82 Å². The van der Waals surface area contributed by atoms with Crippen molar-refractivity contribution in [1.82, 2.24) is 5.32 Å². The second kappa shape index (κ2) is 6.44. The highest BCUT2D eigenvalue weighted by molar-refractivity contribution is 7.80. The summed E-state index contributed by atoms with van der Waals surface area (Å²) in [6, 6.07) is 6.08. The van der Waals surface area contributed by atoms with Crippen LogP contribution in [-0.2, 0) is 11.3 Å². The molecule has 0 bridgehead atoms. The standard InChI is InChI=1S/C13H17FN2OS/c1-8(2)11(12(15)18)13(17)16-7-9-4-3-5-10(14)6-9/h3-6,8,11H,7H2,1-2H3,(H2,15,18)(H,16,17). The van der Waals surface area contributed by atoms with Gasteiger partial charge in [-0.2, -0.15) is 0 Å². The number of nitrogens with two attached hydrogens (primary N) is 1. The van der Waals surface area contributed by atoms with E-state index in [-0.39, 0.29) is 29.2 Å². The molecule has 1 rings (SSSR count). The largest absolute Gasteiger partial charge is 0.393 e. The van der Waals surface area contributed by atoms with E-state index in [1.54, 1.807) is 12.1 Å². The molecule has 0 saturated heterocycles. The maximum absolute atomic E-state index is 13.0. The van der Waals surface area contributed by atoms with Crippen LogP contribution in [0.3, 0.4) is 0 Å². The predicted molar refractivity (Wildman–Crippen MR) is 73.4 cm³/mol. The molecule has 1 aromatic rings. The van der Waals surface area contributed by atoms with E-state index in [4.69, 9.17) is 18.0 Å². The summed E-state index contributed by atoms with van der Waals surface area (Å²) in [6.07, 6.45) is 0. The number of nitrogens with one attached hydrogen (secondary N) is 1. The molecule has 0 saturated carbocycles. The van der Waals surface area contributed by atoms with Crippen molar-refractivity contribution in [3.05, 3.63) is 35.6 Å². The molecule has 1 aromatic carbocycles. The van der Waals surface area contributed by atoms with Crippen molar-refractivity contribution >= 4 is 23.1 Å². The Morgan fingerprint density at radius 2 is 2.17 bits per heavy atom. The molecule has 98 valence electrons. The summed E-state index contributed by atoms with van der Waals surface area (Å²) < 4.78 is 13.0. The first-order chi connectivity index (χ1) is 8.41. The van der Waals surface area contributed by atoms with Crippen molar-refractivity contribution in [1.29, 1.82) is 0 Å². The molecule has 0 aliphatic carbocycles. The highest BCUT2D eigenvalue weighted by atomic mass is 32.1. The number of rotatable bonds is 5. The average Bonchev–Trinajstić information content (AvgIpc) is 2.25. The van der Waals surface area contributed by atoms with Gasteiger partial charge in [0.15, 0.2) is 0 Å². The van der Waals surface area contributed by atoms with Gasteiger partial charge in [0, 0.05) is 6.54 Å². The van der Waals surface area contributed by atoms with Gasteiger partial charge in [0.2, 0.25) is 5.91 Å². The average molecular weight is 268 g/mol. The normalized spacial score (nSPS) is 12.2. The van der Waals surface area contributed by atoms with E-state index in [1.165, 1.54) is 12.1 Å². The van der Waals surface area contributed by atoms with Gasteiger partial charge in [-0.1, -0.05) is 38.2 Å². The molecule has 0 aliphatic rings. The lowest BCUT2D eigenvalue weighted by atomic mass is 9.95. The zero-order valence-corrected chi connectivity index (χ0v) is 11.3. The van der Waals surface area contributed by atoms with Crippen LogP contribution in [0.15, 0.2) is 24.3 Å². The summed E-state index contributed by atoms with van der Waals surface area (Å²) in [6.45, 7) is 4.03. The van der Waals surface area contributed by atoms with Crippen molar-refractivity contribution in [2.45, 2.75) is 20.4 Å². The van der Waals surface area contributed by atoms with Crippen LogP contribution >= 0.6 is 12.2 Å². The Morgan fingerprint density at radius 1 is 1.50 bits per heavy atom. The summed E-state index contributed by atoms with van der Waals surface area (Å²) >= 11 is 4.88. The summed E-state index contributed by atoms with van der Waals surface area (Å²) in [5, 5.41) is 2.72. The van der Waals surface area contributed by atoms with Gasteiger partial charge in [-0.25, -0.2) is 4.39 Å². The van der Waals surface area contributed by atoms with Crippen LogP contribution in [0.4, 0.5) is 4.39 Å². The van der Waals surface area contributed by atoms with Gasteiger partial charge >= 0.3 is 0 Å². The lowest BCUT2D eigenvalue weighted by molar-refractivity contribution is -0.124. The van der Waals surface area contributed by atoms with Crippen molar-refractivity contribution in [3.8, 4) is 0 Å². The number of hydrogen-bond acceptors (Lipinski definition) is 2. The van der Waals surface area contributed by atoms with E-state index in [9.17, 15) is 9.18 Å². The summed E-state index contributed by atoms with van der Waals surface area (Å²) in [4.78, 5) is 12.1. The monoisotopic (exact) mass is 268 g/mol. The molecule has 0 fully saturated rings. The third kappa shape index (κ3) is 4.07. The maximum atomic E-state index is 13.0. The molecule has 5 heteroatoms. The molecule has 0 radical (unpaired) electrons.